The van der Waals surface area contributed by atoms with Gasteiger partial charge in [0.15, 0.2) is 5.78 Å². The van der Waals surface area contributed by atoms with Crippen LogP contribution in [0.3, 0.4) is 0 Å². The van der Waals surface area contributed by atoms with Gasteiger partial charge in [-0.05, 0) is 54.8 Å². The van der Waals surface area contributed by atoms with Crippen molar-refractivity contribution in [2.24, 2.45) is 0 Å². The summed E-state index contributed by atoms with van der Waals surface area (Å²) in [5, 5.41) is 50.1. The molecule has 0 amide bonds. The Balaban J connectivity index is 2.27. The molecule has 0 saturated carbocycles. The van der Waals surface area contributed by atoms with Gasteiger partial charge in [0.1, 0.15) is 17.2 Å². The quantitative estimate of drug-likeness (QED) is 0.238. The van der Waals surface area contributed by atoms with E-state index in [0.29, 0.717) is 27.8 Å². The summed E-state index contributed by atoms with van der Waals surface area (Å²) in [5.41, 5.74) is 2.51. The topological polar surface area (TPSA) is 118 Å². The lowest BCUT2D eigenvalue weighted by atomic mass is 9.97. The third kappa shape index (κ3) is 6.31. The third-order valence-corrected chi connectivity index (χ3v) is 4.96. The second-order valence-electron chi connectivity index (χ2n) is 7.72. The van der Waals surface area contributed by atoms with Crippen molar-refractivity contribution in [1.82, 2.24) is 0 Å². The van der Waals surface area contributed by atoms with Crippen molar-refractivity contribution in [3.63, 3.8) is 0 Å². The number of benzene rings is 2. The van der Waals surface area contributed by atoms with Crippen LogP contribution in [0.15, 0.2) is 60.7 Å². The average molecular weight is 424 g/mol. The van der Waals surface area contributed by atoms with E-state index in [1.54, 1.807) is 26.0 Å². The Morgan fingerprint density at radius 1 is 0.871 bits per heavy atom. The van der Waals surface area contributed by atoms with Gasteiger partial charge in [0.25, 0.3) is 0 Å². The Morgan fingerprint density at radius 2 is 1.42 bits per heavy atom. The molecule has 0 aliphatic carbocycles. The van der Waals surface area contributed by atoms with Gasteiger partial charge >= 0.3 is 0 Å². The number of aliphatic hydroxyl groups excluding tert-OH is 2. The molecular weight excluding hydrogens is 396 g/mol. The van der Waals surface area contributed by atoms with Gasteiger partial charge < -0.3 is 25.5 Å². The highest BCUT2D eigenvalue weighted by atomic mass is 16.3. The van der Waals surface area contributed by atoms with Crippen molar-refractivity contribution in [3.8, 4) is 17.2 Å². The Kier molecular flexibility index (Phi) is 7.80. The normalized spacial score (nSPS) is 13.2. The predicted molar refractivity (Wildman–Crippen MR) is 120 cm³/mol. The molecule has 6 heteroatoms. The minimum Gasteiger partial charge on any atom is -0.508 e. The molecule has 2 rings (SSSR count). The smallest absolute Gasteiger partial charge is 0.189 e. The van der Waals surface area contributed by atoms with Crippen molar-refractivity contribution >= 4 is 11.9 Å². The SMILES string of the molecule is C=C(C)[C@H](O)Cc1cc(C=CC(=O)c2cc(C[C@@H](O)C(=C)C)c(O)cc2O)ccc1O. The van der Waals surface area contributed by atoms with E-state index in [-0.39, 0.29) is 35.7 Å². The first kappa shape index (κ1) is 23.9. The molecule has 0 spiro atoms. The fourth-order valence-corrected chi connectivity index (χ4v) is 2.88. The molecule has 2 aromatic carbocycles. The molecule has 0 aliphatic heterocycles. The number of carbonyl (C=O) groups is 1. The predicted octanol–water partition coefficient (Wildman–Crippen LogP) is 3.66. The summed E-state index contributed by atoms with van der Waals surface area (Å²) >= 11 is 0. The van der Waals surface area contributed by atoms with Gasteiger partial charge in [0.2, 0.25) is 0 Å². The van der Waals surface area contributed by atoms with Crippen LogP contribution >= 0.6 is 0 Å². The summed E-state index contributed by atoms with van der Waals surface area (Å²) in [6, 6.07) is 7.14. The van der Waals surface area contributed by atoms with Gasteiger partial charge in [-0.3, -0.25) is 4.79 Å². The summed E-state index contributed by atoms with van der Waals surface area (Å²) < 4.78 is 0. The first-order valence-electron chi connectivity index (χ1n) is 9.75. The lowest BCUT2D eigenvalue weighted by Crippen LogP contribution is -2.12. The van der Waals surface area contributed by atoms with E-state index in [1.807, 2.05) is 0 Å². The largest absolute Gasteiger partial charge is 0.508 e. The van der Waals surface area contributed by atoms with Gasteiger partial charge in [0, 0.05) is 18.9 Å². The fourth-order valence-electron chi connectivity index (χ4n) is 2.88. The van der Waals surface area contributed by atoms with Crippen molar-refractivity contribution in [1.29, 1.82) is 0 Å². The van der Waals surface area contributed by atoms with Crippen LogP contribution in [-0.4, -0.2) is 43.5 Å². The Hall–Kier alpha value is -3.35. The number of phenols is 3. The maximum Gasteiger partial charge on any atom is 0.189 e. The molecule has 0 fully saturated rings. The second-order valence-corrected chi connectivity index (χ2v) is 7.72. The fraction of sp³-hybridized carbons (Fsp3) is 0.240. The molecule has 31 heavy (non-hydrogen) atoms. The second kappa shape index (κ2) is 10.1. The van der Waals surface area contributed by atoms with Gasteiger partial charge in [-0.2, -0.15) is 0 Å². The highest BCUT2D eigenvalue weighted by Crippen LogP contribution is 2.30. The third-order valence-electron chi connectivity index (χ3n) is 4.96. The summed E-state index contributed by atoms with van der Waals surface area (Å²) in [5.74, 6) is -1.07. The van der Waals surface area contributed by atoms with Gasteiger partial charge in [0.05, 0.1) is 17.8 Å². The molecule has 0 bridgehead atoms. The van der Waals surface area contributed by atoms with Crippen LogP contribution in [0.1, 0.15) is 40.9 Å². The molecule has 164 valence electrons. The summed E-state index contributed by atoms with van der Waals surface area (Å²) in [4.78, 5) is 12.6. The number of allylic oxidation sites excluding steroid dienone is 1. The number of carbonyl (C=O) groups excluding carboxylic acids is 1. The molecule has 0 radical (unpaired) electrons. The molecule has 0 aliphatic rings. The highest BCUT2D eigenvalue weighted by molar-refractivity contribution is 6.08. The lowest BCUT2D eigenvalue weighted by molar-refractivity contribution is 0.104. The van der Waals surface area contributed by atoms with Crippen LogP contribution < -0.4 is 0 Å². The monoisotopic (exact) mass is 424 g/mol. The van der Waals surface area contributed by atoms with Crippen molar-refractivity contribution in [3.05, 3.63) is 83.0 Å². The van der Waals surface area contributed by atoms with E-state index in [9.17, 15) is 30.3 Å². The average Bonchev–Trinajstić information content (AvgIpc) is 2.69. The van der Waals surface area contributed by atoms with E-state index in [1.165, 1.54) is 24.3 Å². The number of phenolic OH excluding ortho intramolecular Hbond substituents is 3. The minimum absolute atomic E-state index is 0.0188. The highest BCUT2D eigenvalue weighted by Gasteiger charge is 2.16. The molecule has 5 N–H and O–H groups in total. The van der Waals surface area contributed by atoms with Gasteiger partial charge in [-0.15, -0.1) is 0 Å². The standard InChI is InChI=1S/C25H28O6/c1-14(2)22(28)11-17-9-16(5-7-20(17)26)6-8-21(27)19-10-18(12-23(29)15(3)4)24(30)13-25(19)31/h5-10,13,22-23,26,28-31H,1,3,11-12H2,2,4H3/t22-,23-/m1/s1. The molecule has 2 aromatic rings. The zero-order valence-corrected chi connectivity index (χ0v) is 17.7. The molecule has 0 saturated heterocycles. The number of aromatic hydroxyl groups is 3. The van der Waals surface area contributed by atoms with E-state index in [0.717, 1.165) is 6.07 Å². The van der Waals surface area contributed by atoms with Crippen molar-refractivity contribution in [2.45, 2.75) is 38.9 Å². The Bertz CT molecular complexity index is 1030. The van der Waals surface area contributed by atoms with Crippen molar-refractivity contribution < 1.29 is 30.3 Å². The Labute approximate surface area is 181 Å². The van der Waals surface area contributed by atoms with E-state index in [4.69, 9.17) is 0 Å². The maximum absolute atomic E-state index is 12.6. The summed E-state index contributed by atoms with van der Waals surface area (Å²) in [6.07, 6.45) is 1.33. The number of rotatable bonds is 9. The Morgan fingerprint density at radius 3 is 1.97 bits per heavy atom. The molecule has 0 heterocycles. The van der Waals surface area contributed by atoms with Crippen LogP contribution in [-0.2, 0) is 12.8 Å². The lowest BCUT2D eigenvalue weighted by Gasteiger charge is -2.13. The first-order chi connectivity index (χ1) is 14.5. The van der Waals surface area contributed by atoms with Gasteiger partial charge in [-0.25, -0.2) is 0 Å². The number of hydrogen-bond acceptors (Lipinski definition) is 6. The number of hydrogen-bond donors (Lipinski definition) is 5. The van der Waals surface area contributed by atoms with Gasteiger partial charge in [-0.1, -0.05) is 36.4 Å². The summed E-state index contributed by atoms with van der Waals surface area (Å²) in [7, 11) is 0. The number of aliphatic hydroxyl groups is 2. The van der Waals surface area contributed by atoms with E-state index in [2.05, 4.69) is 13.2 Å². The van der Waals surface area contributed by atoms with E-state index >= 15 is 0 Å². The maximum atomic E-state index is 12.6. The van der Waals surface area contributed by atoms with Crippen LogP contribution in [0.2, 0.25) is 0 Å². The van der Waals surface area contributed by atoms with Crippen molar-refractivity contribution in [2.75, 3.05) is 0 Å². The number of ketones is 1. The van der Waals surface area contributed by atoms with Crippen LogP contribution in [0.5, 0.6) is 17.2 Å². The van der Waals surface area contributed by atoms with E-state index < -0.39 is 18.0 Å². The van der Waals surface area contributed by atoms with Crippen LogP contribution in [0.4, 0.5) is 0 Å². The zero-order chi connectivity index (χ0) is 23.3. The molecule has 2 atom stereocenters. The molecule has 6 nitrogen and oxygen atoms in total. The zero-order valence-electron chi connectivity index (χ0n) is 17.7. The van der Waals surface area contributed by atoms with Crippen LogP contribution in [0.25, 0.3) is 6.08 Å². The molecule has 0 unspecified atom stereocenters. The summed E-state index contributed by atoms with van der Waals surface area (Å²) in [6.45, 7) is 10.7. The molecular formula is C25H28O6. The molecule has 0 aromatic heterocycles. The van der Waals surface area contributed by atoms with Crippen LogP contribution in [0, 0.1) is 0 Å². The minimum atomic E-state index is -0.890. The first-order valence-corrected chi connectivity index (χ1v) is 9.75.